The number of pyridine rings is 1. The largest absolute Gasteiger partial charge is 0.322 e. The Bertz CT molecular complexity index is 530. The van der Waals surface area contributed by atoms with Gasteiger partial charge in [0.25, 0.3) is 5.56 Å². The van der Waals surface area contributed by atoms with E-state index in [-0.39, 0.29) is 5.56 Å². The number of fused-ring (bicyclic) bond motifs is 1. The molecule has 3 heteroatoms. The fourth-order valence-corrected chi connectivity index (χ4v) is 1.98. The van der Waals surface area contributed by atoms with Gasteiger partial charge in [-0.2, -0.15) is 0 Å². The predicted molar refractivity (Wildman–Crippen MR) is 61.6 cm³/mol. The lowest BCUT2D eigenvalue weighted by Crippen LogP contribution is -2.11. The maximum atomic E-state index is 11.5. The Morgan fingerprint density at radius 2 is 2.21 bits per heavy atom. The second-order valence-electron chi connectivity index (χ2n) is 3.18. The van der Waals surface area contributed by atoms with Gasteiger partial charge in [-0.15, -0.1) is 0 Å². The molecule has 2 rings (SSSR count). The molecule has 0 saturated heterocycles. The number of aromatic amines is 1. The van der Waals surface area contributed by atoms with Gasteiger partial charge < -0.3 is 4.98 Å². The van der Waals surface area contributed by atoms with Crippen LogP contribution in [0.1, 0.15) is 12.5 Å². The summed E-state index contributed by atoms with van der Waals surface area (Å²) in [6.45, 7) is 1.98. The molecule has 14 heavy (non-hydrogen) atoms. The zero-order valence-corrected chi connectivity index (χ0v) is 9.39. The van der Waals surface area contributed by atoms with Crippen LogP contribution < -0.4 is 5.56 Å². The third-order valence-electron chi connectivity index (χ3n) is 2.29. The molecule has 72 valence electrons. The number of aryl methyl sites for hydroxylation is 1. The van der Waals surface area contributed by atoms with Crippen molar-refractivity contribution >= 4 is 26.8 Å². The maximum Gasteiger partial charge on any atom is 0.251 e. The molecule has 2 nitrogen and oxygen atoms in total. The summed E-state index contributed by atoms with van der Waals surface area (Å²) < 4.78 is 1.01. The normalized spacial score (nSPS) is 10.7. The van der Waals surface area contributed by atoms with Crippen molar-refractivity contribution in [3.05, 3.63) is 44.7 Å². The summed E-state index contributed by atoms with van der Waals surface area (Å²) in [5.74, 6) is 0. The van der Waals surface area contributed by atoms with Crippen molar-refractivity contribution in [1.82, 2.24) is 4.98 Å². The minimum atomic E-state index is 0.0121. The molecule has 0 unspecified atom stereocenters. The van der Waals surface area contributed by atoms with Gasteiger partial charge in [-0.25, -0.2) is 0 Å². The van der Waals surface area contributed by atoms with Gasteiger partial charge in [0.2, 0.25) is 0 Å². The van der Waals surface area contributed by atoms with Gasteiger partial charge in [0, 0.05) is 20.9 Å². The lowest BCUT2D eigenvalue weighted by atomic mass is 10.1. The number of rotatable bonds is 1. The summed E-state index contributed by atoms with van der Waals surface area (Å²) in [5, 5.41) is 1.06. The number of aromatic nitrogens is 1. The molecule has 0 spiro atoms. The second-order valence-corrected chi connectivity index (χ2v) is 4.03. The maximum absolute atomic E-state index is 11.5. The van der Waals surface area contributed by atoms with Crippen LogP contribution in [0.2, 0.25) is 0 Å². The van der Waals surface area contributed by atoms with Gasteiger partial charge in [0.1, 0.15) is 0 Å². The number of halogens is 1. The van der Waals surface area contributed by atoms with E-state index in [2.05, 4.69) is 20.9 Å². The average Bonchev–Trinajstić information content (AvgIpc) is 2.17. The minimum Gasteiger partial charge on any atom is -0.322 e. The fraction of sp³-hybridized carbons (Fsp3) is 0.182. The van der Waals surface area contributed by atoms with Crippen LogP contribution in [0.25, 0.3) is 10.9 Å². The molecule has 2 aromatic rings. The van der Waals surface area contributed by atoms with E-state index in [4.69, 9.17) is 0 Å². The van der Waals surface area contributed by atoms with Crippen molar-refractivity contribution in [1.29, 1.82) is 0 Å². The molecule has 1 N–H and O–H groups in total. The number of hydrogen-bond donors (Lipinski definition) is 1. The lowest BCUT2D eigenvalue weighted by molar-refractivity contribution is 1.08. The monoisotopic (exact) mass is 251 g/mol. The molecule has 0 aliphatic carbocycles. The molecule has 1 aromatic heterocycles. The zero-order valence-electron chi connectivity index (χ0n) is 7.80. The molecule has 0 bridgehead atoms. The van der Waals surface area contributed by atoms with E-state index in [1.807, 2.05) is 31.2 Å². The predicted octanol–water partition coefficient (Wildman–Crippen LogP) is 2.85. The van der Waals surface area contributed by atoms with E-state index in [1.165, 1.54) is 0 Å². The van der Waals surface area contributed by atoms with E-state index in [0.717, 1.165) is 27.4 Å². The van der Waals surface area contributed by atoms with Crippen LogP contribution in [0.3, 0.4) is 0 Å². The van der Waals surface area contributed by atoms with Crippen LogP contribution in [0.5, 0.6) is 0 Å². The first kappa shape index (κ1) is 9.46. The Morgan fingerprint density at radius 1 is 1.43 bits per heavy atom. The Kier molecular flexibility index (Phi) is 2.42. The minimum absolute atomic E-state index is 0.0121. The first-order chi connectivity index (χ1) is 6.72. The molecule has 0 aliphatic rings. The van der Waals surface area contributed by atoms with Gasteiger partial charge in [-0.3, -0.25) is 4.79 Å². The van der Waals surface area contributed by atoms with Crippen LogP contribution in [0, 0.1) is 0 Å². The molecule has 1 aromatic carbocycles. The summed E-state index contributed by atoms with van der Waals surface area (Å²) in [7, 11) is 0. The van der Waals surface area contributed by atoms with E-state index in [9.17, 15) is 4.79 Å². The molecule has 0 saturated carbocycles. The van der Waals surface area contributed by atoms with Gasteiger partial charge in [-0.1, -0.05) is 28.9 Å². The average molecular weight is 252 g/mol. The van der Waals surface area contributed by atoms with Crippen LogP contribution in [0.4, 0.5) is 0 Å². The lowest BCUT2D eigenvalue weighted by Gasteiger charge is -2.02. The smallest absolute Gasteiger partial charge is 0.251 e. The second kappa shape index (κ2) is 3.58. The summed E-state index contributed by atoms with van der Waals surface area (Å²) in [4.78, 5) is 14.4. The van der Waals surface area contributed by atoms with Crippen LogP contribution >= 0.6 is 15.9 Å². The van der Waals surface area contributed by atoms with Gasteiger partial charge in [0.15, 0.2) is 0 Å². The topological polar surface area (TPSA) is 32.9 Å². The van der Waals surface area contributed by atoms with Crippen molar-refractivity contribution < 1.29 is 0 Å². The number of benzene rings is 1. The van der Waals surface area contributed by atoms with Crippen molar-refractivity contribution in [2.75, 3.05) is 0 Å². The van der Waals surface area contributed by atoms with Crippen molar-refractivity contribution in [2.45, 2.75) is 13.3 Å². The summed E-state index contributed by atoms with van der Waals surface area (Å²) in [5.41, 5.74) is 1.71. The molecule has 0 atom stereocenters. The standard InChI is InChI=1S/C11H10BrNO/c1-2-7-6-8-9(12)4-3-5-10(8)13-11(7)14/h3-6H,2H2,1H3,(H,13,14). The highest BCUT2D eigenvalue weighted by Crippen LogP contribution is 2.21. The molecular formula is C11H10BrNO. The Hall–Kier alpha value is -1.09. The van der Waals surface area contributed by atoms with Crippen LogP contribution in [0.15, 0.2) is 33.5 Å². The molecular weight excluding hydrogens is 242 g/mol. The number of H-pyrrole nitrogens is 1. The Labute approximate surface area is 90.1 Å². The Balaban J connectivity index is 2.87. The number of hydrogen-bond acceptors (Lipinski definition) is 1. The van der Waals surface area contributed by atoms with Gasteiger partial charge in [-0.05, 0) is 24.6 Å². The van der Waals surface area contributed by atoms with E-state index < -0.39 is 0 Å². The van der Waals surface area contributed by atoms with Crippen molar-refractivity contribution in [3.63, 3.8) is 0 Å². The molecule has 1 heterocycles. The first-order valence-electron chi connectivity index (χ1n) is 4.53. The quantitative estimate of drug-likeness (QED) is 0.831. The molecule has 0 fully saturated rings. The van der Waals surface area contributed by atoms with Crippen molar-refractivity contribution in [2.24, 2.45) is 0 Å². The van der Waals surface area contributed by atoms with Gasteiger partial charge in [0.05, 0.1) is 0 Å². The SMILES string of the molecule is CCc1cc2c(Br)cccc2[nH]c1=O. The molecule has 0 aliphatic heterocycles. The summed E-state index contributed by atoms with van der Waals surface area (Å²) in [6.07, 6.45) is 0.757. The zero-order chi connectivity index (χ0) is 10.1. The highest BCUT2D eigenvalue weighted by atomic mass is 79.9. The summed E-state index contributed by atoms with van der Waals surface area (Å²) >= 11 is 3.46. The summed E-state index contributed by atoms with van der Waals surface area (Å²) in [6, 6.07) is 7.73. The van der Waals surface area contributed by atoms with Gasteiger partial charge >= 0.3 is 0 Å². The third-order valence-corrected chi connectivity index (χ3v) is 2.98. The first-order valence-corrected chi connectivity index (χ1v) is 5.32. The highest BCUT2D eigenvalue weighted by molar-refractivity contribution is 9.10. The van der Waals surface area contributed by atoms with Crippen LogP contribution in [-0.4, -0.2) is 4.98 Å². The molecule has 0 amide bonds. The molecule has 0 radical (unpaired) electrons. The van der Waals surface area contributed by atoms with Crippen LogP contribution in [-0.2, 0) is 6.42 Å². The highest BCUT2D eigenvalue weighted by Gasteiger charge is 2.02. The Morgan fingerprint density at radius 3 is 2.93 bits per heavy atom. The number of nitrogens with one attached hydrogen (secondary N) is 1. The third kappa shape index (κ3) is 1.48. The van der Waals surface area contributed by atoms with Crippen molar-refractivity contribution in [3.8, 4) is 0 Å². The van der Waals surface area contributed by atoms with E-state index >= 15 is 0 Å². The fourth-order valence-electron chi connectivity index (χ4n) is 1.50. The van der Waals surface area contributed by atoms with E-state index in [0.29, 0.717) is 0 Å². The van der Waals surface area contributed by atoms with E-state index in [1.54, 1.807) is 0 Å².